The van der Waals surface area contributed by atoms with Crippen molar-refractivity contribution in [1.29, 1.82) is 0 Å². The summed E-state index contributed by atoms with van der Waals surface area (Å²) in [5, 5.41) is 18.2. The first-order valence-electron chi connectivity index (χ1n) is 17.3. The number of likely N-dealkylation sites (tertiary alicyclic amines) is 1. The normalized spacial score (nSPS) is 24.5. The summed E-state index contributed by atoms with van der Waals surface area (Å²) < 4.78 is 57.0. The van der Waals surface area contributed by atoms with E-state index in [1.165, 1.54) is 48.5 Å². The van der Waals surface area contributed by atoms with Gasteiger partial charge in [0.1, 0.15) is 10.8 Å². The number of hydrogen-bond donors (Lipinski definition) is 1. The lowest BCUT2D eigenvalue weighted by Crippen LogP contribution is -2.66. The highest BCUT2D eigenvalue weighted by molar-refractivity contribution is 7.09. The Morgan fingerprint density at radius 3 is 2.45 bits per heavy atom. The van der Waals surface area contributed by atoms with Crippen molar-refractivity contribution in [1.82, 2.24) is 19.7 Å². The second-order valence-electron chi connectivity index (χ2n) is 12.9. The number of aliphatic carboxylic acids is 1. The number of carbonyl (C=O) groups excluding carboxylic acids is 1. The highest BCUT2D eigenvalue weighted by Crippen LogP contribution is 2.55. The summed E-state index contributed by atoms with van der Waals surface area (Å²) in [6, 6.07) is 5.28. The van der Waals surface area contributed by atoms with Crippen molar-refractivity contribution in [3.63, 3.8) is 0 Å². The standard InChI is InChI=1S/C34H48N4O5S/c1-11-33(9,31(4,5)6)25-14-13-23(19-26(25)43-12-2)29(39)38-27(28-35-16-18-44-28)24(21-42-10)20-34(38,30(40)41)32(7,8)37-17-15-22(3)36-37/h13-19,24,27H,11-12,20-21H2,1-10H3,(H,40,41)/t24-,27-,33?,34+/m1/s1/i9D3,11D2. The summed E-state index contributed by atoms with van der Waals surface area (Å²) in [5.41, 5.74) is -5.53. The van der Waals surface area contributed by atoms with Gasteiger partial charge in [-0.1, -0.05) is 40.6 Å². The minimum absolute atomic E-state index is 0.0245. The van der Waals surface area contributed by atoms with Gasteiger partial charge < -0.3 is 19.5 Å². The topological polar surface area (TPSA) is 107 Å². The predicted octanol–water partition coefficient (Wildman–Crippen LogP) is 6.87. The average molecular weight is 630 g/mol. The molecule has 0 spiro atoms. The summed E-state index contributed by atoms with van der Waals surface area (Å²) in [5.74, 6) is -2.30. The maximum Gasteiger partial charge on any atom is 0.332 e. The number of carboxylic acid groups (broad SMARTS) is 1. The van der Waals surface area contributed by atoms with Crippen LogP contribution >= 0.6 is 11.3 Å². The highest BCUT2D eigenvalue weighted by Gasteiger charge is 2.67. The quantitative estimate of drug-likeness (QED) is 0.247. The fraction of sp³-hybridized carbons (Fsp3) is 0.588. The van der Waals surface area contributed by atoms with E-state index in [0.717, 1.165) is 0 Å². The number of aryl methyl sites for hydroxylation is 1. The van der Waals surface area contributed by atoms with Gasteiger partial charge in [-0.15, -0.1) is 11.3 Å². The lowest BCUT2D eigenvalue weighted by molar-refractivity contribution is -0.156. The first-order valence-corrected chi connectivity index (χ1v) is 15.7. The first kappa shape index (κ1) is 27.1. The van der Waals surface area contributed by atoms with Gasteiger partial charge in [-0.2, -0.15) is 5.10 Å². The molecule has 10 heteroatoms. The second kappa shape index (κ2) is 12.3. The highest BCUT2D eigenvalue weighted by atomic mass is 32.1. The van der Waals surface area contributed by atoms with Crippen LogP contribution < -0.4 is 4.74 Å². The average Bonchev–Trinajstić information content (AvgIpc) is 3.71. The van der Waals surface area contributed by atoms with E-state index in [1.807, 2.05) is 0 Å². The number of amides is 1. The molecular formula is C34H48N4O5S. The molecule has 4 rings (SSSR count). The maximum absolute atomic E-state index is 15.1. The van der Waals surface area contributed by atoms with Crippen LogP contribution in [0, 0.1) is 18.3 Å². The molecule has 1 saturated heterocycles. The van der Waals surface area contributed by atoms with Gasteiger partial charge in [-0.25, -0.2) is 9.78 Å². The lowest BCUT2D eigenvalue weighted by atomic mass is 9.62. The van der Waals surface area contributed by atoms with Crippen LogP contribution in [0.1, 0.15) is 108 Å². The van der Waals surface area contributed by atoms with Gasteiger partial charge in [-0.05, 0) is 64.1 Å². The molecule has 1 N–H and O–H groups in total. The Bertz CT molecular complexity index is 1630. The molecule has 0 radical (unpaired) electrons. The zero-order valence-corrected chi connectivity index (χ0v) is 27.9. The third-order valence-electron chi connectivity index (χ3n) is 9.09. The van der Waals surface area contributed by atoms with E-state index in [4.69, 9.17) is 16.3 Å². The Hall–Kier alpha value is -3.24. The molecule has 1 fully saturated rings. The zero-order valence-electron chi connectivity index (χ0n) is 32.1. The minimum Gasteiger partial charge on any atom is -0.494 e. The van der Waals surface area contributed by atoms with Crippen LogP contribution in [0.15, 0.2) is 42.0 Å². The van der Waals surface area contributed by atoms with Gasteiger partial charge in [0.25, 0.3) is 5.91 Å². The summed E-state index contributed by atoms with van der Waals surface area (Å²) in [6.45, 7) is 10.7. The molecule has 1 aromatic carbocycles. The molecule has 2 aromatic heterocycles. The smallest absolute Gasteiger partial charge is 0.332 e. The number of benzene rings is 1. The van der Waals surface area contributed by atoms with Crippen molar-refractivity contribution in [2.75, 3.05) is 20.3 Å². The molecule has 0 aliphatic carbocycles. The number of carboxylic acids is 1. The van der Waals surface area contributed by atoms with Gasteiger partial charge in [0, 0.05) is 54.2 Å². The largest absolute Gasteiger partial charge is 0.494 e. The Kier molecular flexibility index (Phi) is 7.56. The van der Waals surface area contributed by atoms with Gasteiger partial charge in [0.15, 0.2) is 5.54 Å². The zero-order chi connectivity index (χ0) is 37.0. The van der Waals surface area contributed by atoms with E-state index in [9.17, 15) is 9.90 Å². The summed E-state index contributed by atoms with van der Waals surface area (Å²) in [7, 11) is 1.53. The summed E-state index contributed by atoms with van der Waals surface area (Å²) >= 11 is 1.31. The number of hydrogen-bond acceptors (Lipinski definition) is 7. The van der Waals surface area contributed by atoms with Gasteiger partial charge in [-0.3, -0.25) is 9.48 Å². The Balaban J connectivity index is 2.06. The molecule has 3 heterocycles. The number of methoxy groups -OCH3 is 1. The molecule has 1 aliphatic rings. The van der Waals surface area contributed by atoms with Crippen LogP contribution in [0.5, 0.6) is 5.75 Å². The Morgan fingerprint density at radius 2 is 1.95 bits per heavy atom. The van der Waals surface area contributed by atoms with Crippen LogP contribution in [-0.2, 0) is 20.5 Å². The number of ether oxygens (including phenoxy) is 2. The summed E-state index contributed by atoms with van der Waals surface area (Å²) in [6.07, 6.45) is 1.07. The van der Waals surface area contributed by atoms with Crippen molar-refractivity contribution < 1.29 is 31.0 Å². The van der Waals surface area contributed by atoms with Crippen molar-refractivity contribution in [3.05, 3.63) is 63.9 Å². The van der Waals surface area contributed by atoms with Gasteiger partial charge >= 0.3 is 5.97 Å². The van der Waals surface area contributed by atoms with E-state index in [1.54, 1.807) is 77.0 Å². The molecule has 0 saturated carbocycles. The fourth-order valence-electron chi connectivity index (χ4n) is 6.60. The molecule has 0 bridgehead atoms. The Labute approximate surface area is 272 Å². The number of thiazole rings is 1. The van der Waals surface area contributed by atoms with Crippen molar-refractivity contribution in [3.8, 4) is 5.75 Å². The molecule has 3 aromatic rings. The molecule has 9 nitrogen and oxygen atoms in total. The number of rotatable bonds is 11. The van der Waals surface area contributed by atoms with Crippen molar-refractivity contribution in [2.45, 2.75) is 97.6 Å². The van der Waals surface area contributed by atoms with Crippen LogP contribution in [0.4, 0.5) is 0 Å². The van der Waals surface area contributed by atoms with E-state index in [-0.39, 0.29) is 36.5 Å². The predicted molar refractivity (Wildman–Crippen MR) is 172 cm³/mol. The SMILES string of the molecule is [2H]C([2H])([2H])C(c1ccc(C(=O)N2[C@@H](c3nccs3)[C@@H](COC)C[C@]2(C(=O)O)C(C)(C)n2ccc(C)n2)cc1OCC)(C([2H])([2H])C)C(C)(C)C. The van der Waals surface area contributed by atoms with Crippen LogP contribution in [-0.4, -0.2) is 62.5 Å². The van der Waals surface area contributed by atoms with Gasteiger partial charge in [0.05, 0.1) is 30.5 Å². The van der Waals surface area contributed by atoms with Gasteiger partial charge in [0.2, 0.25) is 0 Å². The summed E-state index contributed by atoms with van der Waals surface area (Å²) in [4.78, 5) is 34.9. The molecule has 1 unspecified atom stereocenters. The third kappa shape index (κ3) is 5.34. The van der Waals surface area contributed by atoms with Crippen LogP contribution in [0.25, 0.3) is 0 Å². The molecular weight excluding hydrogens is 576 g/mol. The van der Waals surface area contributed by atoms with E-state index in [0.29, 0.717) is 10.7 Å². The monoisotopic (exact) mass is 629 g/mol. The number of aromatic nitrogens is 3. The lowest BCUT2D eigenvalue weighted by Gasteiger charge is -2.47. The minimum atomic E-state index is -2.83. The first-order chi connectivity index (χ1) is 22.5. The second-order valence-corrected chi connectivity index (χ2v) is 13.9. The van der Waals surface area contributed by atoms with Crippen molar-refractivity contribution in [2.24, 2.45) is 11.3 Å². The number of nitrogens with zero attached hydrogens (tertiary/aromatic N) is 4. The van der Waals surface area contributed by atoms with E-state index < -0.39 is 59.0 Å². The van der Waals surface area contributed by atoms with Crippen LogP contribution in [0.2, 0.25) is 0 Å². The molecule has 44 heavy (non-hydrogen) atoms. The number of carbonyl (C=O) groups is 2. The molecule has 1 amide bonds. The van der Waals surface area contributed by atoms with Crippen molar-refractivity contribution >= 4 is 23.2 Å². The van der Waals surface area contributed by atoms with E-state index >= 15 is 4.79 Å². The fourth-order valence-corrected chi connectivity index (χ4v) is 7.42. The van der Waals surface area contributed by atoms with Crippen LogP contribution in [0.3, 0.4) is 0 Å². The third-order valence-corrected chi connectivity index (χ3v) is 9.94. The maximum atomic E-state index is 15.1. The molecule has 1 aliphatic heterocycles. The molecule has 240 valence electrons. The van der Waals surface area contributed by atoms with E-state index in [2.05, 4.69) is 10.1 Å². The molecule has 4 atom stereocenters. The Morgan fingerprint density at radius 1 is 1.23 bits per heavy atom.